The van der Waals surface area contributed by atoms with Crippen molar-refractivity contribution in [3.8, 4) is 0 Å². The van der Waals surface area contributed by atoms with Crippen molar-refractivity contribution in [3.63, 3.8) is 0 Å². The molecule has 0 aromatic heterocycles. The lowest BCUT2D eigenvalue weighted by Gasteiger charge is -2.34. The first-order valence-electron chi connectivity index (χ1n) is 7.59. The Morgan fingerprint density at radius 3 is 3.05 bits per heavy atom. The van der Waals surface area contributed by atoms with Crippen LogP contribution in [0.15, 0.2) is 18.2 Å². The van der Waals surface area contributed by atoms with Crippen molar-refractivity contribution in [3.05, 3.63) is 28.8 Å². The predicted octanol–water partition coefficient (Wildman–Crippen LogP) is 3.41. The third-order valence-electron chi connectivity index (χ3n) is 3.79. The van der Waals surface area contributed by atoms with Crippen LogP contribution in [0.1, 0.15) is 18.9 Å². The highest BCUT2D eigenvalue weighted by Crippen LogP contribution is 2.28. The minimum atomic E-state index is 0.722. The predicted molar refractivity (Wildman–Crippen MR) is 93.8 cm³/mol. The molecule has 1 aliphatic heterocycles. The number of benzene rings is 1. The zero-order chi connectivity index (χ0) is 15.1. The maximum Gasteiger partial charge on any atom is 0.0587 e. The van der Waals surface area contributed by atoms with Gasteiger partial charge in [0.15, 0.2) is 0 Å². The number of nitrogens with zero attached hydrogens (tertiary/aromatic N) is 1. The number of rotatable bonds is 7. The van der Waals surface area contributed by atoms with Crippen LogP contribution in [0.3, 0.4) is 0 Å². The Balaban J connectivity index is 1.94. The lowest BCUT2D eigenvalue weighted by Crippen LogP contribution is -2.37. The Hall–Kier alpha value is -0.420. The van der Waals surface area contributed by atoms with Gasteiger partial charge in [0.05, 0.1) is 6.61 Å². The van der Waals surface area contributed by atoms with E-state index >= 15 is 0 Å². The molecular formula is C16H25ClN2OS. The summed E-state index contributed by atoms with van der Waals surface area (Å²) in [5.41, 5.74) is 2.40. The van der Waals surface area contributed by atoms with Crippen molar-refractivity contribution in [1.82, 2.24) is 5.32 Å². The van der Waals surface area contributed by atoms with Gasteiger partial charge in [-0.2, -0.15) is 11.8 Å². The fraction of sp³-hybridized carbons (Fsp3) is 0.625. The molecule has 0 aliphatic carbocycles. The number of hydrogen-bond donors (Lipinski definition) is 1. The number of ether oxygens (including phenoxy) is 1. The smallest absolute Gasteiger partial charge is 0.0587 e. The van der Waals surface area contributed by atoms with Crippen molar-refractivity contribution in [2.75, 3.05) is 44.0 Å². The van der Waals surface area contributed by atoms with Crippen molar-refractivity contribution in [2.24, 2.45) is 0 Å². The molecule has 2 rings (SSSR count). The summed E-state index contributed by atoms with van der Waals surface area (Å²) >= 11 is 8.52. The standard InChI is InChI=1S/C16H25ClN2OS/c1-3-15-12-19(7-9-21-15)14-5-4-13(16(17)10-14)11-18-6-8-20-2/h4-5,10,15,18H,3,6-9,11-12H2,1-2H3. The fourth-order valence-corrected chi connectivity index (χ4v) is 3.90. The monoisotopic (exact) mass is 328 g/mol. The molecule has 1 N–H and O–H groups in total. The molecule has 1 atom stereocenters. The number of anilines is 1. The van der Waals surface area contributed by atoms with Gasteiger partial charge in [-0.1, -0.05) is 24.6 Å². The summed E-state index contributed by atoms with van der Waals surface area (Å²) in [6.45, 7) is 6.86. The molecule has 0 amide bonds. The normalized spacial score (nSPS) is 19.0. The molecule has 5 heteroatoms. The van der Waals surface area contributed by atoms with Crippen LogP contribution in [0.4, 0.5) is 5.69 Å². The van der Waals surface area contributed by atoms with Crippen LogP contribution in [0, 0.1) is 0 Å². The molecule has 1 saturated heterocycles. The number of nitrogens with one attached hydrogen (secondary N) is 1. The van der Waals surface area contributed by atoms with E-state index in [1.807, 2.05) is 0 Å². The van der Waals surface area contributed by atoms with Crippen LogP contribution in [-0.2, 0) is 11.3 Å². The summed E-state index contributed by atoms with van der Waals surface area (Å²) in [5, 5.41) is 4.93. The molecule has 0 radical (unpaired) electrons. The number of methoxy groups -OCH3 is 1. The Morgan fingerprint density at radius 2 is 2.33 bits per heavy atom. The van der Waals surface area contributed by atoms with Crippen molar-refractivity contribution in [1.29, 1.82) is 0 Å². The van der Waals surface area contributed by atoms with Gasteiger partial charge in [0, 0.05) is 55.0 Å². The second-order valence-corrected chi connectivity index (χ2v) is 7.11. The molecule has 1 aromatic carbocycles. The van der Waals surface area contributed by atoms with E-state index in [1.54, 1.807) is 7.11 Å². The molecule has 1 fully saturated rings. The largest absolute Gasteiger partial charge is 0.383 e. The van der Waals surface area contributed by atoms with Gasteiger partial charge in [0.25, 0.3) is 0 Å². The van der Waals surface area contributed by atoms with Crippen LogP contribution >= 0.6 is 23.4 Å². The first-order valence-corrected chi connectivity index (χ1v) is 9.02. The van der Waals surface area contributed by atoms with Crippen LogP contribution in [0.5, 0.6) is 0 Å². The number of thioether (sulfide) groups is 1. The lowest BCUT2D eigenvalue weighted by atomic mass is 10.1. The molecule has 0 spiro atoms. The molecule has 1 aliphatic rings. The van der Waals surface area contributed by atoms with Crippen molar-refractivity contribution >= 4 is 29.1 Å². The Morgan fingerprint density at radius 1 is 1.48 bits per heavy atom. The van der Waals surface area contributed by atoms with Gasteiger partial charge in [-0.3, -0.25) is 0 Å². The van der Waals surface area contributed by atoms with E-state index in [-0.39, 0.29) is 0 Å². The molecule has 0 saturated carbocycles. The van der Waals surface area contributed by atoms with Gasteiger partial charge >= 0.3 is 0 Å². The van der Waals surface area contributed by atoms with E-state index < -0.39 is 0 Å². The summed E-state index contributed by atoms with van der Waals surface area (Å²) in [7, 11) is 1.71. The highest BCUT2D eigenvalue weighted by Gasteiger charge is 2.19. The Bertz CT molecular complexity index is 444. The number of hydrogen-bond acceptors (Lipinski definition) is 4. The molecule has 1 unspecified atom stereocenters. The SMILES string of the molecule is CCC1CN(c2ccc(CNCCOC)c(Cl)c2)CCS1. The Labute approximate surface area is 137 Å². The molecule has 0 bridgehead atoms. The fourth-order valence-electron chi connectivity index (χ4n) is 2.47. The third kappa shape index (κ3) is 5.06. The third-order valence-corrected chi connectivity index (χ3v) is 5.52. The van der Waals surface area contributed by atoms with Gasteiger partial charge in [-0.25, -0.2) is 0 Å². The molecule has 1 heterocycles. The van der Waals surface area contributed by atoms with E-state index in [9.17, 15) is 0 Å². The summed E-state index contributed by atoms with van der Waals surface area (Å²) in [6.07, 6.45) is 1.23. The maximum absolute atomic E-state index is 6.43. The van der Waals surface area contributed by atoms with Gasteiger partial charge in [0.1, 0.15) is 0 Å². The minimum Gasteiger partial charge on any atom is -0.383 e. The zero-order valence-corrected chi connectivity index (χ0v) is 14.5. The molecule has 118 valence electrons. The first kappa shape index (κ1) is 16.9. The van der Waals surface area contributed by atoms with Crippen LogP contribution in [0.25, 0.3) is 0 Å². The average Bonchev–Trinajstić information content (AvgIpc) is 2.53. The second-order valence-electron chi connectivity index (χ2n) is 5.29. The number of halogens is 1. The van der Waals surface area contributed by atoms with Crippen molar-refractivity contribution in [2.45, 2.75) is 25.1 Å². The van der Waals surface area contributed by atoms with Crippen LogP contribution in [0.2, 0.25) is 5.02 Å². The molecular weight excluding hydrogens is 304 g/mol. The minimum absolute atomic E-state index is 0.722. The van der Waals surface area contributed by atoms with E-state index in [2.05, 4.69) is 47.1 Å². The quantitative estimate of drug-likeness (QED) is 0.775. The van der Waals surface area contributed by atoms with Crippen LogP contribution in [-0.4, -0.2) is 44.4 Å². The molecule has 3 nitrogen and oxygen atoms in total. The van der Waals surface area contributed by atoms with Gasteiger partial charge in [-0.15, -0.1) is 0 Å². The van der Waals surface area contributed by atoms with Gasteiger partial charge in [0.2, 0.25) is 0 Å². The Kier molecular flexibility index (Phi) is 7.17. The van der Waals surface area contributed by atoms with Crippen LogP contribution < -0.4 is 10.2 Å². The maximum atomic E-state index is 6.43. The highest BCUT2D eigenvalue weighted by atomic mass is 35.5. The van der Waals surface area contributed by atoms with E-state index in [0.29, 0.717) is 0 Å². The zero-order valence-electron chi connectivity index (χ0n) is 12.9. The summed E-state index contributed by atoms with van der Waals surface area (Å²) in [6, 6.07) is 6.44. The van der Waals surface area contributed by atoms with E-state index in [0.717, 1.165) is 48.6 Å². The van der Waals surface area contributed by atoms with E-state index in [1.165, 1.54) is 17.9 Å². The average molecular weight is 329 g/mol. The van der Waals surface area contributed by atoms with Gasteiger partial charge in [-0.05, 0) is 24.1 Å². The summed E-state index contributed by atoms with van der Waals surface area (Å²) < 4.78 is 5.02. The summed E-state index contributed by atoms with van der Waals surface area (Å²) in [5.74, 6) is 1.20. The second kappa shape index (κ2) is 8.89. The van der Waals surface area contributed by atoms with Gasteiger partial charge < -0.3 is 15.0 Å². The first-order chi connectivity index (χ1) is 10.2. The van der Waals surface area contributed by atoms with Crippen molar-refractivity contribution < 1.29 is 4.74 Å². The molecule has 21 heavy (non-hydrogen) atoms. The van der Waals surface area contributed by atoms with E-state index in [4.69, 9.17) is 16.3 Å². The highest BCUT2D eigenvalue weighted by molar-refractivity contribution is 8.00. The lowest BCUT2D eigenvalue weighted by molar-refractivity contribution is 0.199. The molecule has 1 aromatic rings. The topological polar surface area (TPSA) is 24.5 Å². The summed E-state index contributed by atoms with van der Waals surface area (Å²) in [4.78, 5) is 2.46.